The first-order valence-electron chi connectivity index (χ1n) is 2.47. The standard InChI is InChI=1S/C4ClF7O/c5-1(13)2(6,7)3(8,9)4(10,11)12. The van der Waals surface area contributed by atoms with E-state index in [2.05, 4.69) is 11.6 Å². The Morgan fingerprint density at radius 3 is 1.31 bits per heavy atom. The molecule has 0 saturated heterocycles. The van der Waals surface area contributed by atoms with Gasteiger partial charge in [-0.3, -0.25) is 4.79 Å². The zero-order valence-corrected chi connectivity index (χ0v) is 6.19. The predicted octanol–water partition coefficient (Wildman–Crippen LogP) is 2.58. The van der Waals surface area contributed by atoms with Gasteiger partial charge in [-0.05, 0) is 11.6 Å². The summed E-state index contributed by atoms with van der Waals surface area (Å²) in [7, 11) is 0. The molecular weight excluding hydrogens is 232 g/mol. The summed E-state index contributed by atoms with van der Waals surface area (Å²) in [6.07, 6.45) is -6.53. The molecule has 0 aliphatic carbocycles. The van der Waals surface area contributed by atoms with Crippen molar-refractivity contribution in [3.8, 4) is 0 Å². The number of alkyl halides is 7. The molecule has 0 radical (unpaired) electrons. The lowest BCUT2D eigenvalue weighted by atomic mass is 10.2. The first kappa shape index (κ1) is 12.5. The zero-order chi connectivity index (χ0) is 11.1. The molecule has 0 bridgehead atoms. The van der Waals surface area contributed by atoms with Crippen molar-refractivity contribution in [1.82, 2.24) is 0 Å². The second-order valence-electron chi connectivity index (χ2n) is 1.92. The lowest BCUT2D eigenvalue weighted by Crippen LogP contribution is -2.54. The van der Waals surface area contributed by atoms with Crippen LogP contribution in [0.25, 0.3) is 0 Å². The monoisotopic (exact) mass is 232 g/mol. The largest absolute Gasteiger partial charge is 0.460 e. The molecule has 1 nitrogen and oxygen atoms in total. The smallest absolute Gasteiger partial charge is 0.274 e. The normalized spacial score (nSPS) is 14.5. The molecule has 0 rings (SSSR count). The van der Waals surface area contributed by atoms with Gasteiger partial charge in [0.05, 0.1) is 0 Å². The molecule has 0 saturated carbocycles. The van der Waals surface area contributed by atoms with Crippen LogP contribution in [0.3, 0.4) is 0 Å². The van der Waals surface area contributed by atoms with Crippen molar-refractivity contribution in [2.24, 2.45) is 0 Å². The number of carbonyl (C=O) groups is 1. The molecule has 0 heterocycles. The van der Waals surface area contributed by atoms with Gasteiger partial charge >= 0.3 is 18.0 Å². The predicted molar refractivity (Wildman–Crippen MR) is 26.8 cm³/mol. The Morgan fingerprint density at radius 1 is 0.923 bits per heavy atom. The molecule has 0 spiro atoms. The van der Waals surface area contributed by atoms with E-state index in [0.29, 0.717) is 0 Å². The van der Waals surface area contributed by atoms with Crippen LogP contribution in [0.4, 0.5) is 30.7 Å². The molecule has 0 atom stereocenters. The van der Waals surface area contributed by atoms with Crippen molar-refractivity contribution in [2.45, 2.75) is 18.0 Å². The van der Waals surface area contributed by atoms with Crippen molar-refractivity contribution < 1.29 is 35.5 Å². The molecule has 9 heteroatoms. The average molecular weight is 232 g/mol. The van der Waals surface area contributed by atoms with Crippen molar-refractivity contribution in [3.63, 3.8) is 0 Å². The van der Waals surface area contributed by atoms with Crippen LogP contribution in [-0.4, -0.2) is 23.3 Å². The summed E-state index contributed by atoms with van der Waals surface area (Å²) in [5.41, 5.74) is 0. The fourth-order valence-corrected chi connectivity index (χ4v) is 0.420. The minimum absolute atomic E-state index is 3.06. The number of hydrogen-bond donors (Lipinski definition) is 0. The third kappa shape index (κ3) is 1.87. The maximum absolute atomic E-state index is 11.9. The van der Waals surface area contributed by atoms with E-state index in [-0.39, 0.29) is 0 Å². The summed E-state index contributed by atoms with van der Waals surface area (Å²) in [5.74, 6) is -12.4. The Morgan fingerprint density at radius 2 is 1.23 bits per heavy atom. The summed E-state index contributed by atoms with van der Waals surface area (Å²) in [6, 6.07) is 0. The van der Waals surface area contributed by atoms with Crippen molar-refractivity contribution in [1.29, 1.82) is 0 Å². The van der Waals surface area contributed by atoms with Gasteiger partial charge in [-0.25, -0.2) is 0 Å². The molecule has 0 fully saturated rings. The molecule has 0 unspecified atom stereocenters. The van der Waals surface area contributed by atoms with Gasteiger partial charge < -0.3 is 0 Å². The number of halogens is 8. The fourth-order valence-electron chi connectivity index (χ4n) is 0.301. The zero-order valence-electron chi connectivity index (χ0n) is 5.43. The van der Waals surface area contributed by atoms with Crippen LogP contribution in [0.2, 0.25) is 0 Å². The van der Waals surface area contributed by atoms with E-state index in [1.54, 1.807) is 0 Å². The SMILES string of the molecule is O=C(Cl)C(F)(F)C(F)(F)C(F)(F)F. The molecule has 0 amide bonds. The highest BCUT2D eigenvalue weighted by molar-refractivity contribution is 6.65. The summed E-state index contributed by atoms with van der Waals surface area (Å²) < 4.78 is 81.0. The van der Waals surface area contributed by atoms with Crippen LogP contribution < -0.4 is 0 Å². The van der Waals surface area contributed by atoms with Gasteiger partial charge in [0, 0.05) is 0 Å². The third-order valence-corrected chi connectivity index (χ3v) is 1.23. The first-order valence-corrected chi connectivity index (χ1v) is 2.84. The van der Waals surface area contributed by atoms with E-state index in [9.17, 15) is 35.5 Å². The highest BCUT2D eigenvalue weighted by atomic mass is 35.5. The van der Waals surface area contributed by atoms with Crippen LogP contribution in [0.5, 0.6) is 0 Å². The molecule has 0 aromatic heterocycles. The molecular formula is C4ClF7O. The number of carbonyl (C=O) groups excluding carboxylic acids is 1. The second kappa shape index (κ2) is 3.00. The van der Waals surface area contributed by atoms with Crippen molar-refractivity contribution in [2.75, 3.05) is 0 Å². The van der Waals surface area contributed by atoms with Gasteiger partial charge in [-0.2, -0.15) is 30.7 Å². The molecule has 0 aliphatic rings. The average Bonchev–Trinajstić information content (AvgIpc) is 1.84. The number of hydrogen-bond acceptors (Lipinski definition) is 1. The minimum Gasteiger partial charge on any atom is -0.274 e. The van der Waals surface area contributed by atoms with E-state index in [1.165, 1.54) is 0 Å². The molecule has 0 N–H and O–H groups in total. The highest BCUT2D eigenvalue weighted by Gasteiger charge is 2.75. The lowest BCUT2D eigenvalue weighted by Gasteiger charge is -2.24. The van der Waals surface area contributed by atoms with E-state index < -0.39 is 23.3 Å². The van der Waals surface area contributed by atoms with Crippen molar-refractivity contribution >= 4 is 16.8 Å². The summed E-state index contributed by atoms with van der Waals surface area (Å²) in [6.45, 7) is 0. The lowest BCUT2D eigenvalue weighted by molar-refractivity contribution is -0.341. The van der Waals surface area contributed by atoms with Crippen LogP contribution >= 0.6 is 11.6 Å². The molecule has 0 aromatic rings. The summed E-state index contributed by atoms with van der Waals surface area (Å²) in [5, 5.41) is -3.06. The maximum atomic E-state index is 11.9. The van der Waals surface area contributed by atoms with Gasteiger partial charge in [0.15, 0.2) is 0 Å². The third-order valence-electron chi connectivity index (χ3n) is 0.997. The van der Waals surface area contributed by atoms with Crippen molar-refractivity contribution in [3.05, 3.63) is 0 Å². The van der Waals surface area contributed by atoms with Gasteiger partial charge in [-0.15, -0.1) is 0 Å². The maximum Gasteiger partial charge on any atom is 0.460 e. The Labute approximate surface area is 71.5 Å². The topological polar surface area (TPSA) is 17.1 Å². The van der Waals surface area contributed by atoms with Gasteiger partial charge in [0.1, 0.15) is 0 Å². The van der Waals surface area contributed by atoms with Gasteiger partial charge in [0.2, 0.25) is 0 Å². The van der Waals surface area contributed by atoms with Gasteiger partial charge in [-0.1, -0.05) is 0 Å². The Hall–Kier alpha value is -0.530. The van der Waals surface area contributed by atoms with Crippen LogP contribution in [0.15, 0.2) is 0 Å². The highest BCUT2D eigenvalue weighted by Crippen LogP contribution is 2.47. The van der Waals surface area contributed by atoms with Crippen LogP contribution in [0.1, 0.15) is 0 Å². The van der Waals surface area contributed by atoms with E-state index >= 15 is 0 Å². The Kier molecular flexibility index (Phi) is 2.88. The van der Waals surface area contributed by atoms with Crippen LogP contribution in [-0.2, 0) is 4.79 Å². The fraction of sp³-hybridized carbons (Fsp3) is 0.750. The Bertz CT molecular complexity index is 219. The molecule has 78 valence electrons. The van der Waals surface area contributed by atoms with E-state index in [0.717, 1.165) is 0 Å². The molecule has 0 aromatic carbocycles. The second-order valence-corrected chi connectivity index (χ2v) is 2.26. The van der Waals surface area contributed by atoms with Gasteiger partial charge in [0.25, 0.3) is 5.24 Å². The van der Waals surface area contributed by atoms with Crippen LogP contribution in [0, 0.1) is 0 Å². The van der Waals surface area contributed by atoms with E-state index in [4.69, 9.17) is 0 Å². The molecule has 13 heavy (non-hydrogen) atoms. The van der Waals surface area contributed by atoms with E-state index in [1.807, 2.05) is 0 Å². The Balaban J connectivity index is 5.16. The summed E-state index contributed by atoms with van der Waals surface area (Å²) >= 11 is 3.89. The summed E-state index contributed by atoms with van der Waals surface area (Å²) in [4.78, 5) is 9.59. The number of rotatable bonds is 2. The molecule has 0 aliphatic heterocycles. The quantitative estimate of drug-likeness (QED) is 0.528. The minimum atomic E-state index is -6.53. The first-order chi connectivity index (χ1) is 5.44.